The molecule has 138 valence electrons. The number of hydrogen-bond acceptors (Lipinski definition) is 5. The summed E-state index contributed by atoms with van der Waals surface area (Å²) in [6.45, 7) is 6.17. The van der Waals surface area contributed by atoms with Crippen LogP contribution in [0, 0.1) is 5.92 Å². The van der Waals surface area contributed by atoms with Crippen LogP contribution in [0.4, 0.5) is 10.6 Å². The van der Waals surface area contributed by atoms with Gasteiger partial charge in [-0.25, -0.2) is 19.4 Å². The Hall–Kier alpha value is -2.97. The summed E-state index contributed by atoms with van der Waals surface area (Å²) >= 11 is 0. The minimum atomic E-state index is -0.204. The maximum Gasteiger partial charge on any atom is 0.323 e. The number of nitrogens with zero attached hydrogens (tertiary/aromatic N) is 6. The number of urea groups is 1. The summed E-state index contributed by atoms with van der Waals surface area (Å²) in [6.07, 6.45) is 5.42. The molecule has 1 saturated heterocycles. The van der Waals surface area contributed by atoms with Crippen LogP contribution in [-0.2, 0) is 4.79 Å². The van der Waals surface area contributed by atoms with E-state index in [0.29, 0.717) is 32.0 Å². The largest absolute Gasteiger partial charge is 0.341 e. The van der Waals surface area contributed by atoms with Gasteiger partial charge in [0.15, 0.2) is 0 Å². The molecule has 2 aromatic heterocycles. The molecule has 0 atom stereocenters. The van der Waals surface area contributed by atoms with E-state index in [1.165, 1.54) is 6.33 Å². The molecule has 3 heterocycles. The number of aromatic nitrogens is 4. The van der Waals surface area contributed by atoms with Crippen LogP contribution in [0.2, 0.25) is 0 Å². The number of carbonyl (C=O) groups is 2. The first kappa shape index (κ1) is 17.8. The van der Waals surface area contributed by atoms with E-state index in [1.54, 1.807) is 28.2 Å². The van der Waals surface area contributed by atoms with Crippen molar-refractivity contribution >= 4 is 17.8 Å². The van der Waals surface area contributed by atoms with Gasteiger partial charge in [0, 0.05) is 32.1 Å². The average Bonchev–Trinajstić information content (AvgIpc) is 3.06. The van der Waals surface area contributed by atoms with Gasteiger partial charge < -0.3 is 9.80 Å². The number of hydrogen-bond donors (Lipinski definition) is 1. The van der Waals surface area contributed by atoms with Crippen molar-refractivity contribution in [3.8, 4) is 5.69 Å². The molecular formula is C17H23N7O2. The van der Waals surface area contributed by atoms with Crippen molar-refractivity contribution in [2.75, 3.05) is 31.5 Å². The molecule has 1 aliphatic heterocycles. The lowest BCUT2D eigenvalue weighted by Gasteiger charge is -2.23. The molecule has 0 unspecified atom stereocenters. The molecule has 0 aromatic carbocycles. The van der Waals surface area contributed by atoms with Crippen molar-refractivity contribution in [3.63, 3.8) is 0 Å². The molecule has 9 nitrogen and oxygen atoms in total. The van der Waals surface area contributed by atoms with Crippen LogP contribution in [0.15, 0.2) is 31.0 Å². The van der Waals surface area contributed by atoms with E-state index in [2.05, 4.69) is 20.4 Å². The van der Waals surface area contributed by atoms with Crippen molar-refractivity contribution in [1.29, 1.82) is 0 Å². The Morgan fingerprint density at radius 1 is 1.12 bits per heavy atom. The highest BCUT2D eigenvalue weighted by Gasteiger charge is 2.23. The summed E-state index contributed by atoms with van der Waals surface area (Å²) in [5.41, 5.74) is 0.762. The molecule has 1 aliphatic rings. The van der Waals surface area contributed by atoms with Gasteiger partial charge in [0.05, 0.1) is 11.9 Å². The van der Waals surface area contributed by atoms with Crippen LogP contribution in [0.1, 0.15) is 20.3 Å². The van der Waals surface area contributed by atoms with Gasteiger partial charge in [0.1, 0.15) is 18.5 Å². The van der Waals surface area contributed by atoms with E-state index in [-0.39, 0.29) is 17.9 Å². The molecule has 26 heavy (non-hydrogen) atoms. The average molecular weight is 357 g/mol. The summed E-state index contributed by atoms with van der Waals surface area (Å²) in [4.78, 5) is 36.3. The number of nitrogens with one attached hydrogen (secondary N) is 1. The highest BCUT2D eigenvalue weighted by Crippen LogP contribution is 2.11. The van der Waals surface area contributed by atoms with Gasteiger partial charge in [-0.2, -0.15) is 5.10 Å². The van der Waals surface area contributed by atoms with E-state index < -0.39 is 0 Å². The van der Waals surface area contributed by atoms with Gasteiger partial charge in [-0.05, 0) is 18.6 Å². The molecule has 1 fully saturated rings. The Bertz CT molecular complexity index is 743. The van der Waals surface area contributed by atoms with Crippen LogP contribution in [-0.4, -0.2) is 67.7 Å². The fourth-order valence-corrected chi connectivity index (χ4v) is 2.83. The van der Waals surface area contributed by atoms with Gasteiger partial charge in [0.2, 0.25) is 5.91 Å². The van der Waals surface area contributed by atoms with Gasteiger partial charge >= 0.3 is 6.03 Å². The molecule has 0 bridgehead atoms. The number of rotatable bonds is 3. The SMILES string of the molecule is CC(C)C(=O)N1CCCN(C(=O)Nc2ccc(-n3cncn3)cn2)CC1. The van der Waals surface area contributed by atoms with E-state index in [4.69, 9.17) is 0 Å². The normalized spacial score (nSPS) is 15.0. The molecule has 0 aliphatic carbocycles. The topological polar surface area (TPSA) is 96.2 Å². The number of pyridine rings is 1. The van der Waals surface area contributed by atoms with Crippen LogP contribution in [0.25, 0.3) is 5.69 Å². The lowest BCUT2D eigenvalue weighted by Crippen LogP contribution is -2.40. The zero-order valence-corrected chi connectivity index (χ0v) is 15.0. The fraction of sp³-hybridized carbons (Fsp3) is 0.471. The summed E-state index contributed by atoms with van der Waals surface area (Å²) in [7, 11) is 0. The van der Waals surface area contributed by atoms with Gasteiger partial charge in [-0.3, -0.25) is 10.1 Å². The van der Waals surface area contributed by atoms with Crippen LogP contribution in [0.3, 0.4) is 0 Å². The third-order valence-electron chi connectivity index (χ3n) is 4.25. The zero-order chi connectivity index (χ0) is 18.5. The maximum atomic E-state index is 12.5. The standard InChI is InChI=1S/C17H23N7O2/c1-13(2)16(25)22-6-3-7-23(9-8-22)17(26)21-15-5-4-14(10-19-15)24-12-18-11-20-24/h4-5,10-13H,3,6-9H2,1-2H3,(H,19,21,26). The molecule has 3 amide bonds. The molecular weight excluding hydrogens is 334 g/mol. The lowest BCUT2D eigenvalue weighted by molar-refractivity contribution is -0.134. The summed E-state index contributed by atoms with van der Waals surface area (Å²) in [6, 6.07) is 3.33. The second kappa shape index (κ2) is 7.94. The van der Waals surface area contributed by atoms with Gasteiger partial charge in [-0.1, -0.05) is 13.8 Å². The first-order chi connectivity index (χ1) is 12.5. The molecule has 1 N–H and O–H groups in total. The van der Waals surface area contributed by atoms with E-state index >= 15 is 0 Å². The maximum absolute atomic E-state index is 12.5. The van der Waals surface area contributed by atoms with Crippen LogP contribution >= 0.6 is 0 Å². The number of amides is 3. The summed E-state index contributed by atoms with van der Waals surface area (Å²) in [5.74, 6) is 0.582. The Kier molecular flexibility index (Phi) is 5.45. The van der Waals surface area contributed by atoms with Gasteiger partial charge in [-0.15, -0.1) is 0 Å². The second-order valence-corrected chi connectivity index (χ2v) is 6.49. The lowest BCUT2D eigenvalue weighted by atomic mass is 10.2. The van der Waals surface area contributed by atoms with Crippen LogP contribution < -0.4 is 5.32 Å². The molecule has 3 rings (SSSR count). The Morgan fingerprint density at radius 2 is 1.88 bits per heavy atom. The quantitative estimate of drug-likeness (QED) is 0.895. The van der Waals surface area contributed by atoms with Crippen molar-refractivity contribution in [1.82, 2.24) is 29.5 Å². The predicted molar refractivity (Wildman–Crippen MR) is 95.8 cm³/mol. The Morgan fingerprint density at radius 3 is 2.54 bits per heavy atom. The Labute approximate surface area is 152 Å². The van der Waals surface area contributed by atoms with Crippen molar-refractivity contribution in [2.45, 2.75) is 20.3 Å². The van der Waals surface area contributed by atoms with Crippen molar-refractivity contribution < 1.29 is 9.59 Å². The fourth-order valence-electron chi connectivity index (χ4n) is 2.83. The highest BCUT2D eigenvalue weighted by atomic mass is 16.2. The highest BCUT2D eigenvalue weighted by molar-refractivity contribution is 5.88. The first-order valence-electron chi connectivity index (χ1n) is 8.70. The minimum Gasteiger partial charge on any atom is -0.341 e. The van der Waals surface area contributed by atoms with Crippen molar-refractivity contribution in [2.24, 2.45) is 5.92 Å². The number of carbonyl (C=O) groups excluding carboxylic acids is 2. The van der Waals surface area contributed by atoms with E-state index in [9.17, 15) is 9.59 Å². The van der Waals surface area contributed by atoms with E-state index in [0.717, 1.165) is 12.1 Å². The first-order valence-corrected chi connectivity index (χ1v) is 8.70. The third-order valence-corrected chi connectivity index (χ3v) is 4.25. The Balaban J connectivity index is 1.57. The minimum absolute atomic E-state index is 0.0249. The van der Waals surface area contributed by atoms with E-state index in [1.807, 2.05) is 24.8 Å². The number of anilines is 1. The van der Waals surface area contributed by atoms with Crippen molar-refractivity contribution in [3.05, 3.63) is 31.0 Å². The third kappa shape index (κ3) is 4.16. The molecule has 2 aromatic rings. The zero-order valence-electron chi connectivity index (χ0n) is 15.0. The summed E-state index contributed by atoms with van der Waals surface area (Å²) in [5, 5.41) is 6.84. The smallest absolute Gasteiger partial charge is 0.323 e. The van der Waals surface area contributed by atoms with Crippen LogP contribution in [0.5, 0.6) is 0 Å². The molecule has 9 heteroatoms. The summed E-state index contributed by atoms with van der Waals surface area (Å²) < 4.78 is 1.59. The monoisotopic (exact) mass is 357 g/mol. The van der Waals surface area contributed by atoms with Gasteiger partial charge in [0.25, 0.3) is 0 Å². The molecule has 0 spiro atoms. The predicted octanol–water partition coefficient (Wildman–Crippen LogP) is 1.38. The molecule has 0 saturated carbocycles. The second-order valence-electron chi connectivity index (χ2n) is 6.49. The molecule has 0 radical (unpaired) electrons.